The first-order valence-electron chi connectivity index (χ1n) is 17.6. The van der Waals surface area contributed by atoms with Gasteiger partial charge in [-0.05, 0) is 70.3 Å². The summed E-state index contributed by atoms with van der Waals surface area (Å²) in [6, 6.07) is 0. The molecule has 0 rings (SSSR count). The number of amides is 1. The summed E-state index contributed by atoms with van der Waals surface area (Å²) in [5.74, 6) is -1.35. The van der Waals surface area contributed by atoms with Crippen LogP contribution in [0.3, 0.4) is 0 Å². The molecule has 0 bridgehead atoms. The average molecular weight is 604 g/mol. The first-order chi connectivity index (χ1) is 21.0. The number of rotatable bonds is 31. The van der Waals surface area contributed by atoms with Gasteiger partial charge in [0.2, 0.25) is 5.91 Å². The maximum Gasteiger partial charge on any atom is 0.322 e. The van der Waals surface area contributed by atoms with Crippen molar-refractivity contribution in [2.75, 3.05) is 6.54 Å². The quantitative estimate of drug-likeness (QED) is 0.0467. The molecule has 0 aliphatic rings. The fourth-order valence-corrected chi connectivity index (χ4v) is 4.87. The highest BCUT2D eigenvalue weighted by molar-refractivity contribution is 5.80. The Bertz CT molecular complexity index is 758. The first-order valence-corrected chi connectivity index (χ1v) is 17.6. The molecule has 1 unspecified atom stereocenters. The SMILES string of the molecule is CCC/C=C\C(CCCCCCC(=O)NCC(=O)O)OC(=O)CCCCCCCCCCC/C=C\C/C=C\CCCCC. The average Bonchev–Trinajstić information content (AvgIpc) is 2.98. The maximum absolute atomic E-state index is 12.4. The number of ether oxygens (including phenoxy) is 1. The molecule has 248 valence electrons. The van der Waals surface area contributed by atoms with Crippen molar-refractivity contribution < 1.29 is 24.2 Å². The summed E-state index contributed by atoms with van der Waals surface area (Å²) >= 11 is 0. The topological polar surface area (TPSA) is 92.7 Å². The van der Waals surface area contributed by atoms with Crippen LogP contribution in [0.2, 0.25) is 0 Å². The standard InChI is InChI=1S/C37H65NO5/c1-3-5-7-8-9-10-11-12-13-14-15-16-17-18-19-20-21-22-28-32-37(42)43-34(29-25-6-4-2)30-26-23-24-27-31-35(39)38-33-36(40)41/h9-10,12-13,25,29,34H,3-8,11,14-24,26-28,30-33H2,1-2H3,(H,38,39)(H,40,41)/b10-9-,13-12-,29-25-. The van der Waals surface area contributed by atoms with Gasteiger partial charge in [0, 0.05) is 12.8 Å². The second-order valence-corrected chi connectivity index (χ2v) is 11.8. The fourth-order valence-electron chi connectivity index (χ4n) is 4.87. The minimum absolute atomic E-state index is 0.0988. The molecule has 1 atom stereocenters. The van der Waals surface area contributed by atoms with E-state index in [1.807, 2.05) is 6.08 Å². The van der Waals surface area contributed by atoms with E-state index >= 15 is 0 Å². The van der Waals surface area contributed by atoms with Gasteiger partial charge in [-0.2, -0.15) is 0 Å². The van der Waals surface area contributed by atoms with E-state index in [-0.39, 0.29) is 24.5 Å². The fraction of sp³-hybridized carbons (Fsp3) is 0.757. The number of carboxylic acid groups (broad SMARTS) is 1. The molecule has 0 aromatic carbocycles. The predicted molar refractivity (Wildman–Crippen MR) is 180 cm³/mol. The van der Waals surface area contributed by atoms with Crippen molar-refractivity contribution in [2.45, 2.75) is 174 Å². The van der Waals surface area contributed by atoms with Gasteiger partial charge in [0.1, 0.15) is 12.6 Å². The molecule has 0 saturated carbocycles. The number of hydrogen-bond donors (Lipinski definition) is 2. The summed E-state index contributed by atoms with van der Waals surface area (Å²) in [6.45, 7) is 4.05. The molecule has 1 amide bonds. The molecule has 43 heavy (non-hydrogen) atoms. The van der Waals surface area contributed by atoms with E-state index < -0.39 is 5.97 Å². The van der Waals surface area contributed by atoms with Gasteiger partial charge >= 0.3 is 11.9 Å². The second-order valence-electron chi connectivity index (χ2n) is 11.8. The Morgan fingerprint density at radius 3 is 1.79 bits per heavy atom. The zero-order valence-corrected chi connectivity index (χ0v) is 27.8. The lowest BCUT2D eigenvalue weighted by Crippen LogP contribution is -2.28. The van der Waals surface area contributed by atoms with E-state index in [4.69, 9.17) is 9.84 Å². The van der Waals surface area contributed by atoms with Crippen LogP contribution in [0.1, 0.15) is 168 Å². The zero-order valence-electron chi connectivity index (χ0n) is 27.8. The predicted octanol–water partition coefficient (Wildman–Crippen LogP) is 10.2. The van der Waals surface area contributed by atoms with Crippen molar-refractivity contribution in [1.29, 1.82) is 0 Å². The first kappa shape index (κ1) is 40.6. The minimum Gasteiger partial charge on any atom is -0.480 e. The highest BCUT2D eigenvalue weighted by Gasteiger charge is 2.11. The normalized spacial score (nSPS) is 12.4. The number of carbonyl (C=O) groups excluding carboxylic acids is 2. The van der Waals surface area contributed by atoms with E-state index in [0.717, 1.165) is 64.2 Å². The molecule has 0 aromatic rings. The highest BCUT2D eigenvalue weighted by atomic mass is 16.5. The number of allylic oxidation sites excluding steroid dienone is 5. The van der Waals surface area contributed by atoms with E-state index in [1.54, 1.807) is 0 Å². The Balaban J connectivity index is 3.79. The van der Waals surface area contributed by atoms with Crippen LogP contribution >= 0.6 is 0 Å². The summed E-state index contributed by atoms with van der Waals surface area (Å²) < 4.78 is 5.78. The molecule has 2 N–H and O–H groups in total. The number of carbonyl (C=O) groups is 3. The smallest absolute Gasteiger partial charge is 0.322 e. The Morgan fingerprint density at radius 2 is 1.19 bits per heavy atom. The molecule has 6 nitrogen and oxygen atoms in total. The molecular weight excluding hydrogens is 538 g/mol. The Labute approximate surface area is 264 Å². The van der Waals surface area contributed by atoms with Gasteiger partial charge in [0.15, 0.2) is 0 Å². The van der Waals surface area contributed by atoms with Crippen LogP contribution in [0.5, 0.6) is 0 Å². The van der Waals surface area contributed by atoms with Crippen LogP contribution in [0, 0.1) is 0 Å². The number of nitrogens with one attached hydrogen (secondary N) is 1. The molecule has 0 spiro atoms. The molecular formula is C37H65NO5. The Morgan fingerprint density at radius 1 is 0.628 bits per heavy atom. The third kappa shape index (κ3) is 32.4. The van der Waals surface area contributed by atoms with Crippen molar-refractivity contribution in [3.63, 3.8) is 0 Å². The molecule has 0 saturated heterocycles. The highest BCUT2D eigenvalue weighted by Crippen LogP contribution is 2.15. The lowest BCUT2D eigenvalue weighted by Gasteiger charge is -2.15. The van der Waals surface area contributed by atoms with Gasteiger partial charge in [-0.1, -0.05) is 121 Å². The largest absolute Gasteiger partial charge is 0.480 e. The third-order valence-corrected chi connectivity index (χ3v) is 7.50. The van der Waals surface area contributed by atoms with Gasteiger partial charge < -0.3 is 15.2 Å². The molecule has 0 heterocycles. The monoisotopic (exact) mass is 603 g/mol. The van der Waals surface area contributed by atoms with Crippen molar-refractivity contribution in [3.05, 3.63) is 36.5 Å². The lowest BCUT2D eigenvalue weighted by molar-refractivity contribution is -0.147. The summed E-state index contributed by atoms with van der Waals surface area (Å²) in [4.78, 5) is 34.5. The van der Waals surface area contributed by atoms with Crippen molar-refractivity contribution >= 4 is 17.8 Å². The molecule has 0 aliphatic heterocycles. The van der Waals surface area contributed by atoms with Gasteiger partial charge in [0.05, 0.1) is 0 Å². The Hall–Kier alpha value is -2.37. The molecule has 0 fully saturated rings. The van der Waals surface area contributed by atoms with Gasteiger partial charge in [-0.3, -0.25) is 14.4 Å². The number of esters is 1. The van der Waals surface area contributed by atoms with E-state index in [9.17, 15) is 14.4 Å². The number of aliphatic carboxylic acids is 1. The second kappa shape index (κ2) is 32.5. The number of unbranched alkanes of at least 4 members (excludes halogenated alkanes) is 16. The summed E-state index contributed by atoms with van der Waals surface area (Å²) in [7, 11) is 0. The van der Waals surface area contributed by atoms with Crippen LogP contribution in [0.4, 0.5) is 0 Å². The van der Waals surface area contributed by atoms with Crippen LogP contribution in [0.25, 0.3) is 0 Å². The van der Waals surface area contributed by atoms with E-state index in [0.29, 0.717) is 12.8 Å². The minimum atomic E-state index is -1.03. The van der Waals surface area contributed by atoms with Crippen molar-refractivity contribution in [3.8, 4) is 0 Å². The lowest BCUT2D eigenvalue weighted by atomic mass is 10.1. The van der Waals surface area contributed by atoms with Crippen LogP contribution < -0.4 is 5.32 Å². The summed E-state index contributed by atoms with van der Waals surface area (Å²) in [6.07, 6.45) is 38.8. The number of carboxylic acids is 1. The Kier molecular flexibility index (Phi) is 30.7. The molecule has 6 heteroatoms. The zero-order chi connectivity index (χ0) is 31.6. The van der Waals surface area contributed by atoms with Crippen LogP contribution in [-0.4, -0.2) is 35.6 Å². The molecule has 0 aromatic heterocycles. The summed E-state index contributed by atoms with van der Waals surface area (Å²) in [5.41, 5.74) is 0. The molecule has 0 radical (unpaired) electrons. The van der Waals surface area contributed by atoms with Crippen LogP contribution in [0.15, 0.2) is 36.5 Å². The van der Waals surface area contributed by atoms with Crippen molar-refractivity contribution in [2.24, 2.45) is 0 Å². The number of hydrogen-bond acceptors (Lipinski definition) is 4. The maximum atomic E-state index is 12.4. The van der Waals surface area contributed by atoms with Crippen LogP contribution in [-0.2, 0) is 19.1 Å². The van der Waals surface area contributed by atoms with E-state index in [2.05, 4.69) is 49.5 Å². The van der Waals surface area contributed by atoms with Gasteiger partial charge in [-0.15, -0.1) is 0 Å². The molecule has 0 aliphatic carbocycles. The van der Waals surface area contributed by atoms with Gasteiger partial charge in [-0.25, -0.2) is 0 Å². The third-order valence-electron chi connectivity index (χ3n) is 7.50. The van der Waals surface area contributed by atoms with Crippen molar-refractivity contribution in [1.82, 2.24) is 5.32 Å². The summed E-state index contributed by atoms with van der Waals surface area (Å²) in [5, 5.41) is 11.0. The van der Waals surface area contributed by atoms with E-state index in [1.165, 1.54) is 77.0 Å². The van der Waals surface area contributed by atoms with Gasteiger partial charge in [0.25, 0.3) is 0 Å².